The molecule has 0 saturated carbocycles. The Morgan fingerprint density at radius 2 is 1.81 bits per heavy atom. The van der Waals surface area contributed by atoms with Crippen LogP contribution in [0.4, 0.5) is 0 Å². The number of nitrogens with zero attached hydrogens (tertiary/aromatic N) is 1. The van der Waals surface area contributed by atoms with Gasteiger partial charge in [-0.2, -0.15) is 5.10 Å². The smallest absolute Gasteiger partial charge is 0.271 e. The van der Waals surface area contributed by atoms with Gasteiger partial charge in [-0.1, -0.05) is 6.07 Å². The number of quaternary nitrogens is 1. The summed E-state index contributed by atoms with van der Waals surface area (Å²) in [7, 11) is 0. The number of nitrogens with one attached hydrogen (secondary N) is 2. The molecule has 6 nitrogen and oxygen atoms in total. The summed E-state index contributed by atoms with van der Waals surface area (Å²) >= 11 is 0. The number of hydrazone groups is 1. The van der Waals surface area contributed by atoms with Crippen LogP contribution in [0.2, 0.25) is 0 Å². The Hall–Kier alpha value is -2.86. The standard InChI is InChI=1S/C20H25N3O3/c1-4-23(5-2)13-17-11-15(9-10-19(17)25)14(3)21-22-20(26)16-7-6-8-18(24)12-16/h6-12,24-25H,4-5,13H2,1-3H3,(H,22,26)/p+1/b21-14+. The first kappa shape index (κ1) is 19.5. The molecular formula is C20H26N3O3+. The predicted octanol–water partition coefficient (Wildman–Crippen LogP) is 1.68. The Labute approximate surface area is 153 Å². The molecule has 0 saturated heterocycles. The van der Waals surface area contributed by atoms with Crippen LogP contribution in [0.5, 0.6) is 11.5 Å². The van der Waals surface area contributed by atoms with Gasteiger partial charge < -0.3 is 15.1 Å². The number of hydrogen-bond acceptors (Lipinski definition) is 4. The summed E-state index contributed by atoms with van der Waals surface area (Å²) < 4.78 is 0. The van der Waals surface area contributed by atoms with Gasteiger partial charge in [0.1, 0.15) is 18.0 Å². The maximum Gasteiger partial charge on any atom is 0.271 e. The number of aromatic hydroxyl groups is 2. The van der Waals surface area contributed by atoms with Gasteiger partial charge in [0.15, 0.2) is 0 Å². The van der Waals surface area contributed by atoms with E-state index in [-0.39, 0.29) is 11.5 Å². The fourth-order valence-electron chi connectivity index (χ4n) is 2.63. The van der Waals surface area contributed by atoms with Crippen molar-refractivity contribution in [2.75, 3.05) is 13.1 Å². The summed E-state index contributed by atoms with van der Waals surface area (Å²) in [5.74, 6) is -0.1000. The fourth-order valence-corrected chi connectivity index (χ4v) is 2.63. The molecule has 0 radical (unpaired) electrons. The lowest BCUT2D eigenvalue weighted by Gasteiger charge is -2.16. The maximum atomic E-state index is 12.1. The second-order valence-electron chi connectivity index (χ2n) is 6.17. The molecule has 0 aliphatic rings. The van der Waals surface area contributed by atoms with Gasteiger partial charge in [-0.25, -0.2) is 5.43 Å². The number of amides is 1. The predicted molar refractivity (Wildman–Crippen MR) is 102 cm³/mol. The summed E-state index contributed by atoms with van der Waals surface area (Å²) in [4.78, 5) is 13.5. The summed E-state index contributed by atoms with van der Waals surface area (Å²) in [5, 5.41) is 23.7. The Morgan fingerprint density at radius 3 is 2.46 bits per heavy atom. The van der Waals surface area contributed by atoms with Crippen molar-refractivity contribution in [1.82, 2.24) is 5.43 Å². The quantitative estimate of drug-likeness (QED) is 0.450. The molecule has 26 heavy (non-hydrogen) atoms. The molecule has 0 bridgehead atoms. The van der Waals surface area contributed by atoms with Crippen molar-refractivity contribution in [3.63, 3.8) is 0 Å². The SMILES string of the molecule is CC[NH+](CC)Cc1cc(/C(C)=N/NC(=O)c2cccc(O)c2)ccc1O. The number of carbonyl (C=O) groups excluding carboxylic acids is 1. The van der Waals surface area contributed by atoms with E-state index in [1.54, 1.807) is 31.2 Å². The van der Waals surface area contributed by atoms with E-state index in [0.717, 1.165) is 30.8 Å². The third kappa shape index (κ3) is 5.07. The largest absolute Gasteiger partial charge is 0.508 e. The number of benzene rings is 2. The van der Waals surface area contributed by atoms with Gasteiger partial charge in [0.2, 0.25) is 0 Å². The molecule has 2 aromatic rings. The van der Waals surface area contributed by atoms with Gasteiger partial charge in [0.25, 0.3) is 5.91 Å². The minimum atomic E-state index is -0.396. The van der Waals surface area contributed by atoms with Crippen molar-refractivity contribution < 1.29 is 19.9 Å². The van der Waals surface area contributed by atoms with Crippen LogP contribution in [-0.2, 0) is 6.54 Å². The highest BCUT2D eigenvalue weighted by Gasteiger charge is 2.11. The molecule has 0 unspecified atom stereocenters. The van der Waals surface area contributed by atoms with E-state index in [1.807, 2.05) is 6.07 Å². The Morgan fingerprint density at radius 1 is 1.08 bits per heavy atom. The molecule has 0 atom stereocenters. The molecule has 0 aliphatic heterocycles. The van der Waals surface area contributed by atoms with Crippen LogP contribution in [0.25, 0.3) is 0 Å². The Balaban J connectivity index is 2.14. The summed E-state index contributed by atoms with van der Waals surface area (Å²) in [5.41, 5.74) is 5.15. The first-order valence-corrected chi connectivity index (χ1v) is 8.74. The number of phenolic OH excluding ortho intramolecular Hbond substituents is 2. The second-order valence-corrected chi connectivity index (χ2v) is 6.17. The average Bonchev–Trinajstić information content (AvgIpc) is 2.65. The summed E-state index contributed by atoms with van der Waals surface area (Å²) in [6.07, 6.45) is 0. The molecule has 2 aromatic carbocycles. The van der Waals surface area contributed by atoms with Crippen LogP contribution >= 0.6 is 0 Å². The van der Waals surface area contributed by atoms with E-state index >= 15 is 0 Å². The van der Waals surface area contributed by atoms with Crippen LogP contribution in [0.15, 0.2) is 47.6 Å². The number of rotatable bonds is 7. The second kappa shape index (κ2) is 9.01. The lowest BCUT2D eigenvalue weighted by Crippen LogP contribution is -3.10. The van der Waals surface area contributed by atoms with Gasteiger partial charge in [0, 0.05) is 11.1 Å². The zero-order valence-electron chi connectivity index (χ0n) is 15.4. The fraction of sp³-hybridized carbons (Fsp3) is 0.300. The molecule has 1 amide bonds. The third-order valence-electron chi connectivity index (χ3n) is 4.37. The minimum Gasteiger partial charge on any atom is -0.508 e. The maximum absolute atomic E-state index is 12.1. The van der Waals surface area contributed by atoms with Crippen LogP contribution in [0.3, 0.4) is 0 Å². The van der Waals surface area contributed by atoms with E-state index in [0.29, 0.717) is 11.3 Å². The normalized spacial score (nSPS) is 11.6. The molecule has 4 N–H and O–H groups in total. The van der Waals surface area contributed by atoms with E-state index in [1.165, 1.54) is 17.0 Å². The van der Waals surface area contributed by atoms with E-state index in [2.05, 4.69) is 24.4 Å². The molecule has 0 spiro atoms. The van der Waals surface area contributed by atoms with Crippen molar-refractivity contribution in [2.24, 2.45) is 5.10 Å². The molecule has 0 heterocycles. The average molecular weight is 356 g/mol. The molecular weight excluding hydrogens is 330 g/mol. The van der Waals surface area contributed by atoms with Crippen LogP contribution in [-0.4, -0.2) is 34.9 Å². The molecule has 138 valence electrons. The Kier molecular flexibility index (Phi) is 6.74. The van der Waals surface area contributed by atoms with Crippen LogP contribution in [0, 0.1) is 0 Å². The topological polar surface area (TPSA) is 86.4 Å². The Bertz CT molecular complexity index is 799. The van der Waals surface area contributed by atoms with Gasteiger partial charge in [-0.15, -0.1) is 0 Å². The van der Waals surface area contributed by atoms with Crippen molar-refractivity contribution in [1.29, 1.82) is 0 Å². The minimum absolute atomic E-state index is 0.0282. The van der Waals surface area contributed by atoms with Crippen molar-refractivity contribution in [3.05, 3.63) is 59.2 Å². The molecule has 0 aromatic heterocycles. The molecule has 0 aliphatic carbocycles. The first-order chi connectivity index (χ1) is 12.4. The zero-order chi connectivity index (χ0) is 19.1. The van der Waals surface area contributed by atoms with Crippen LogP contribution < -0.4 is 10.3 Å². The zero-order valence-corrected chi connectivity index (χ0v) is 15.4. The highest BCUT2D eigenvalue weighted by molar-refractivity contribution is 6.01. The van der Waals surface area contributed by atoms with Crippen molar-refractivity contribution in [3.8, 4) is 11.5 Å². The van der Waals surface area contributed by atoms with Gasteiger partial charge in [-0.05, 0) is 62.7 Å². The van der Waals surface area contributed by atoms with E-state index in [4.69, 9.17) is 0 Å². The first-order valence-electron chi connectivity index (χ1n) is 8.74. The molecule has 0 fully saturated rings. The van der Waals surface area contributed by atoms with Gasteiger partial charge in [0.05, 0.1) is 18.8 Å². The van der Waals surface area contributed by atoms with Gasteiger partial charge in [-0.3, -0.25) is 4.79 Å². The van der Waals surface area contributed by atoms with Crippen molar-refractivity contribution >= 4 is 11.6 Å². The number of phenols is 2. The lowest BCUT2D eigenvalue weighted by atomic mass is 10.1. The summed E-state index contributed by atoms with van der Waals surface area (Å²) in [6.45, 7) is 8.71. The van der Waals surface area contributed by atoms with Crippen LogP contribution in [0.1, 0.15) is 42.3 Å². The molecule has 6 heteroatoms. The number of carbonyl (C=O) groups is 1. The third-order valence-corrected chi connectivity index (χ3v) is 4.37. The highest BCUT2D eigenvalue weighted by Crippen LogP contribution is 2.18. The van der Waals surface area contributed by atoms with E-state index < -0.39 is 5.91 Å². The van der Waals surface area contributed by atoms with Gasteiger partial charge >= 0.3 is 0 Å². The van der Waals surface area contributed by atoms with E-state index in [9.17, 15) is 15.0 Å². The molecule has 2 rings (SSSR count). The van der Waals surface area contributed by atoms with Crippen molar-refractivity contribution in [2.45, 2.75) is 27.3 Å². The number of hydrogen-bond donors (Lipinski definition) is 4. The monoisotopic (exact) mass is 356 g/mol. The highest BCUT2D eigenvalue weighted by atomic mass is 16.3. The summed E-state index contributed by atoms with van der Waals surface area (Å²) in [6, 6.07) is 11.4. The lowest BCUT2D eigenvalue weighted by molar-refractivity contribution is -0.910.